The van der Waals surface area contributed by atoms with Gasteiger partial charge in [0, 0.05) is 23.2 Å². The summed E-state index contributed by atoms with van der Waals surface area (Å²) in [6.45, 7) is 6.53. The number of anilines is 2. The minimum absolute atomic E-state index is 0.0242. The van der Waals surface area contributed by atoms with Crippen molar-refractivity contribution >= 4 is 38.9 Å². The lowest BCUT2D eigenvalue weighted by Gasteiger charge is -2.31. The van der Waals surface area contributed by atoms with Gasteiger partial charge in [-0.15, -0.1) is 0 Å². The Hall–Kier alpha value is -2.87. The maximum atomic E-state index is 12.8. The van der Waals surface area contributed by atoms with Crippen LogP contribution in [-0.4, -0.2) is 32.3 Å². The Morgan fingerprint density at radius 1 is 0.971 bits per heavy atom. The van der Waals surface area contributed by atoms with E-state index in [1.807, 2.05) is 6.07 Å². The lowest BCUT2D eigenvalue weighted by atomic mass is 9.95. The molecule has 6 nitrogen and oxygen atoms in total. The number of hydrogen-bond acceptors (Lipinski definition) is 4. The summed E-state index contributed by atoms with van der Waals surface area (Å²) in [4.78, 5) is 15.3. The van der Waals surface area contributed by atoms with Crippen LogP contribution in [0.1, 0.15) is 29.5 Å². The van der Waals surface area contributed by atoms with Gasteiger partial charge in [0.1, 0.15) is 0 Å². The van der Waals surface area contributed by atoms with Crippen molar-refractivity contribution < 1.29 is 13.2 Å². The number of piperidine rings is 1. The maximum Gasteiger partial charge on any atom is 0.261 e. The molecule has 0 atom stereocenters. The second-order valence-corrected chi connectivity index (χ2v) is 11.1. The topological polar surface area (TPSA) is 78.5 Å². The zero-order valence-corrected chi connectivity index (χ0v) is 21.5. The lowest BCUT2D eigenvalue weighted by Crippen LogP contribution is -2.37. The highest BCUT2D eigenvalue weighted by Gasteiger charge is 2.25. The molecule has 0 spiro atoms. The first kappa shape index (κ1) is 25.2. The Morgan fingerprint density at radius 2 is 1.66 bits per heavy atom. The predicted octanol–water partition coefficient (Wildman–Crippen LogP) is 5.61. The van der Waals surface area contributed by atoms with Crippen LogP contribution in [-0.2, 0) is 21.4 Å². The number of rotatable bonds is 7. The minimum atomic E-state index is -3.78. The average Bonchev–Trinajstić information content (AvgIpc) is 2.84. The number of carbonyl (C=O) groups is 1. The van der Waals surface area contributed by atoms with Crippen molar-refractivity contribution in [2.75, 3.05) is 23.1 Å². The van der Waals surface area contributed by atoms with E-state index in [0.717, 1.165) is 32.5 Å². The molecule has 1 fully saturated rings. The molecule has 0 unspecified atom stereocenters. The fourth-order valence-corrected chi connectivity index (χ4v) is 5.56. The number of sulfonamides is 1. The molecule has 4 rings (SSSR count). The van der Waals surface area contributed by atoms with Gasteiger partial charge in [-0.3, -0.25) is 14.4 Å². The number of benzene rings is 3. The van der Waals surface area contributed by atoms with Crippen molar-refractivity contribution in [2.45, 2.75) is 38.1 Å². The van der Waals surface area contributed by atoms with E-state index in [2.05, 4.69) is 40.1 Å². The van der Waals surface area contributed by atoms with E-state index in [4.69, 9.17) is 11.6 Å². The summed E-state index contributed by atoms with van der Waals surface area (Å²) in [6, 6.07) is 19.7. The third kappa shape index (κ3) is 6.23. The first-order valence-corrected chi connectivity index (χ1v) is 13.5. The summed E-state index contributed by atoms with van der Waals surface area (Å²) in [5.74, 6) is -0.0807. The molecule has 1 aliphatic heterocycles. The number of aryl methyl sites for hydroxylation is 1. The molecule has 0 bridgehead atoms. The fraction of sp³-hybridized carbons (Fsp3) is 0.296. The predicted molar refractivity (Wildman–Crippen MR) is 141 cm³/mol. The highest BCUT2D eigenvalue weighted by atomic mass is 35.5. The lowest BCUT2D eigenvalue weighted by molar-refractivity contribution is -0.121. The van der Waals surface area contributed by atoms with Gasteiger partial charge in [-0.1, -0.05) is 41.9 Å². The number of hydrogen-bond donors (Lipinski definition) is 2. The van der Waals surface area contributed by atoms with Crippen LogP contribution in [0.3, 0.4) is 0 Å². The highest BCUT2D eigenvalue weighted by molar-refractivity contribution is 7.92. The van der Waals surface area contributed by atoms with E-state index in [-0.39, 0.29) is 16.7 Å². The number of nitrogens with one attached hydrogen (secondary N) is 2. The molecule has 0 saturated carbocycles. The van der Waals surface area contributed by atoms with Gasteiger partial charge in [-0.05, 0) is 92.9 Å². The van der Waals surface area contributed by atoms with Crippen LogP contribution in [0.25, 0.3) is 0 Å². The van der Waals surface area contributed by atoms with Crippen molar-refractivity contribution in [1.82, 2.24) is 4.90 Å². The molecule has 3 aromatic carbocycles. The summed E-state index contributed by atoms with van der Waals surface area (Å²) < 4.78 is 28.1. The normalized spacial score (nSPS) is 15.1. The molecule has 2 N–H and O–H groups in total. The van der Waals surface area contributed by atoms with Crippen molar-refractivity contribution in [2.24, 2.45) is 5.92 Å². The van der Waals surface area contributed by atoms with Crippen LogP contribution in [0.5, 0.6) is 0 Å². The van der Waals surface area contributed by atoms with E-state index in [1.165, 1.54) is 23.3 Å². The molecule has 1 amide bonds. The van der Waals surface area contributed by atoms with E-state index >= 15 is 0 Å². The number of carbonyl (C=O) groups excluding carboxylic acids is 1. The van der Waals surface area contributed by atoms with Gasteiger partial charge in [0.15, 0.2) is 0 Å². The second-order valence-electron chi connectivity index (χ2n) is 9.01. The highest BCUT2D eigenvalue weighted by Crippen LogP contribution is 2.26. The van der Waals surface area contributed by atoms with Gasteiger partial charge in [0.05, 0.1) is 10.6 Å². The van der Waals surface area contributed by atoms with Crippen molar-refractivity contribution in [3.8, 4) is 0 Å². The standard InChI is InChI=1S/C27H30ClN3O3S/c1-19-6-3-4-7-22(19)18-31-16-14-21(15-17-31)27(32)29-23-10-12-24(13-11-23)35(33,34)30-26-9-5-8-25(28)20(26)2/h3-13,21,30H,14-18H2,1-2H3,(H,29,32). The Morgan fingerprint density at radius 3 is 2.34 bits per heavy atom. The second kappa shape index (κ2) is 10.8. The molecule has 184 valence electrons. The molecule has 3 aromatic rings. The summed E-state index contributed by atoms with van der Waals surface area (Å²) in [5, 5.41) is 3.43. The maximum absolute atomic E-state index is 12.8. The van der Waals surface area contributed by atoms with Gasteiger partial charge in [0.2, 0.25) is 5.91 Å². The fourth-order valence-electron chi connectivity index (χ4n) is 4.27. The van der Waals surface area contributed by atoms with E-state index in [9.17, 15) is 13.2 Å². The van der Waals surface area contributed by atoms with Crippen LogP contribution in [0.15, 0.2) is 71.6 Å². The van der Waals surface area contributed by atoms with E-state index < -0.39 is 10.0 Å². The molecular formula is C27H30ClN3O3S. The molecule has 8 heteroatoms. The summed E-state index contributed by atoms with van der Waals surface area (Å²) in [5.41, 5.74) is 4.28. The molecule has 0 radical (unpaired) electrons. The SMILES string of the molecule is Cc1ccccc1CN1CCC(C(=O)Nc2ccc(S(=O)(=O)Nc3cccc(Cl)c3C)cc2)CC1. The quantitative estimate of drug-likeness (QED) is 0.432. The number of amides is 1. The summed E-state index contributed by atoms with van der Waals surface area (Å²) in [6.07, 6.45) is 1.60. The third-order valence-corrected chi connectivity index (χ3v) is 8.35. The number of nitrogens with zero attached hydrogens (tertiary/aromatic N) is 1. The molecule has 1 aliphatic rings. The van der Waals surface area contributed by atoms with Crippen LogP contribution in [0, 0.1) is 19.8 Å². The van der Waals surface area contributed by atoms with Crippen LogP contribution >= 0.6 is 11.6 Å². The Bertz CT molecular complexity index is 1300. The van der Waals surface area contributed by atoms with Crippen LogP contribution in [0.4, 0.5) is 11.4 Å². The van der Waals surface area contributed by atoms with Gasteiger partial charge >= 0.3 is 0 Å². The van der Waals surface area contributed by atoms with Crippen molar-refractivity contribution in [1.29, 1.82) is 0 Å². The average molecular weight is 512 g/mol. The molecule has 0 aromatic heterocycles. The smallest absolute Gasteiger partial charge is 0.261 e. The van der Waals surface area contributed by atoms with E-state index in [0.29, 0.717) is 22.0 Å². The molecule has 0 aliphatic carbocycles. The first-order chi connectivity index (χ1) is 16.7. The Balaban J connectivity index is 1.32. The van der Waals surface area contributed by atoms with E-state index in [1.54, 1.807) is 37.3 Å². The zero-order chi connectivity index (χ0) is 25.0. The first-order valence-electron chi connectivity index (χ1n) is 11.7. The Labute approximate surface area is 212 Å². The monoisotopic (exact) mass is 511 g/mol. The molecular weight excluding hydrogens is 482 g/mol. The number of likely N-dealkylation sites (tertiary alicyclic amines) is 1. The Kier molecular flexibility index (Phi) is 7.79. The van der Waals surface area contributed by atoms with Gasteiger partial charge in [0.25, 0.3) is 10.0 Å². The van der Waals surface area contributed by atoms with Gasteiger partial charge in [-0.25, -0.2) is 8.42 Å². The number of halogens is 1. The molecule has 1 heterocycles. The molecule has 35 heavy (non-hydrogen) atoms. The van der Waals surface area contributed by atoms with Crippen LogP contribution in [0.2, 0.25) is 5.02 Å². The van der Waals surface area contributed by atoms with Gasteiger partial charge < -0.3 is 5.32 Å². The summed E-state index contributed by atoms with van der Waals surface area (Å²) in [7, 11) is -3.78. The third-order valence-electron chi connectivity index (χ3n) is 6.56. The zero-order valence-electron chi connectivity index (χ0n) is 19.9. The largest absolute Gasteiger partial charge is 0.326 e. The molecule has 1 saturated heterocycles. The van der Waals surface area contributed by atoms with Crippen molar-refractivity contribution in [3.05, 3.63) is 88.4 Å². The summed E-state index contributed by atoms with van der Waals surface area (Å²) >= 11 is 6.09. The van der Waals surface area contributed by atoms with Gasteiger partial charge in [-0.2, -0.15) is 0 Å². The van der Waals surface area contributed by atoms with Crippen LogP contribution < -0.4 is 10.0 Å². The minimum Gasteiger partial charge on any atom is -0.326 e. The van der Waals surface area contributed by atoms with Crippen molar-refractivity contribution in [3.63, 3.8) is 0 Å².